The minimum absolute atomic E-state index is 0.341. The Labute approximate surface area is 95.3 Å². The summed E-state index contributed by atoms with van der Waals surface area (Å²) in [4.78, 5) is 15.5. The number of pyridine rings is 1. The first-order chi connectivity index (χ1) is 7.66. The predicted molar refractivity (Wildman–Crippen MR) is 61.6 cm³/mol. The SMILES string of the molecule is Cc1ccc(C(NCC2CC2)C(N)=O)cn1. The topological polar surface area (TPSA) is 68.0 Å². The third-order valence-corrected chi connectivity index (χ3v) is 2.86. The molecule has 1 amide bonds. The monoisotopic (exact) mass is 219 g/mol. The van der Waals surface area contributed by atoms with E-state index in [0.29, 0.717) is 0 Å². The maximum Gasteiger partial charge on any atom is 0.239 e. The molecule has 86 valence electrons. The lowest BCUT2D eigenvalue weighted by Gasteiger charge is -2.15. The summed E-state index contributed by atoms with van der Waals surface area (Å²) >= 11 is 0. The molecule has 2 rings (SSSR count). The molecule has 0 aliphatic heterocycles. The molecule has 0 radical (unpaired) electrons. The van der Waals surface area contributed by atoms with Crippen molar-refractivity contribution < 1.29 is 4.79 Å². The summed E-state index contributed by atoms with van der Waals surface area (Å²) < 4.78 is 0. The van der Waals surface area contributed by atoms with Crippen molar-refractivity contribution in [1.82, 2.24) is 10.3 Å². The molecular formula is C12H17N3O. The van der Waals surface area contributed by atoms with Crippen LogP contribution in [0, 0.1) is 12.8 Å². The van der Waals surface area contributed by atoms with E-state index in [1.807, 2.05) is 19.1 Å². The Bertz CT molecular complexity index is 370. The van der Waals surface area contributed by atoms with Crippen LogP contribution in [0.15, 0.2) is 18.3 Å². The zero-order valence-corrected chi connectivity index (χ0v) is 9.44. The molecule has 0 bridgehead atoms. The third-order valence-electron chi connectivity index (χ3n) is 2.86. The van der Waals surface area contributed by atoms with Gasteiger partial charge in [0.25, 0.3) is 0 Å². The van der Waals surface area contributed by atoms with Crippen molar-refractivity contribution >= 4 is 5.91 Å². The Morgan fingerprint density at radius 2 is 2.38 bits per heavy atom. The van der Waals surface area contributed by atoms with Gasteiger partial charge in [-0.2, -0.15) is 0 Å². The average molecular weight is 219 g/mol. The second-order valence-electron chi connectivity index (χ2n) is 4.42. The van der Waals surface area contributed by atoms with Gasteiger partial charge in [-0.3, -0.25) is 9.78 Å². The number of carbonyl (C=O) groups excluding carboxylic acids is 1. The maximum absolute atomic E-state index is 11.3. The van der Waals surface area contributed by atoms with E-state index in [1.54, 1.807) is 6.20 Å². The number of rotatable bonds is 5. The number of nitrogens with two attached hydrogens (primary N) is 1. The molecule has 3 N–H and O–H groups in total. The standard InChI is InChI=1S/C12H17N3O/c1-8-2-5-10(7-14-8)11(12(13)16)15-6-9-3-4-9/h2,5,7,9,11,15H,3-4,6H2,1H3,(H2,13,16). The molecule has 0 saturated heterocycles. The predicted octanol–water partition coefficient (Wildman–Crippen LogP) is 0.916. The van der Waals surface area contributed by atoms with Crippen molar-refractivity contribution in [1.29, 1.82) is 0 Å². The lowest BCUT2D eigenvalue weighted by Crippen LogP contribution is -2.34. The van der Waals surface area contributed by atoms with Crippen LogP contribution in [-0.2, 0) is 4.79 Å². The minimum atomic E-state index is -0.409. The molecule has 1 fully saturated rings. The number of aryl methyl sites for hydroxylation is 1. The van der Waals surface area contributed by atoms with E-state index in [4.69, 9.17) is 5.73 Å². The number of aromatic nitrogens is 1. The van der Waals surface area contributed by atoms with Crippen molar-refractivity contribution in [2.45, 2.75) is 25.8 Å². The highest BCUT2D eigenvalue weighted by Crippen LogP contribution is 2.28. The summed E-state index contributed by atoms with van der Waals surface area (Å²) in [6, 6.07) is 3.38. The molecule has 1 aliphatic rings. The summed E-state index contributed by atoms with van der Waals surface area (Å²) in [7, 11) is 0. The van der Waals surface area contributed by atoms with Crippen molar-refractivity contribution in [3.05, 3.63) is 29.6 Å². The first-order valence-corrected chi connectivity index (χ1v) is 5.62. The first-order valence-electron chi connectivity index (χ1n) is 5.62. The molecule has 0 aromatic carbocycles. The zero-order chi connectivity index (χ0) is 11.5. The van der Waals surface area contributed by atoms with Crippen LogP contribution in [0.3, 0.4) is 0 Å². The van der Waals surface area contributed by atoms with Crippen LogP contribution in [0.25, 0.3) is 0 Å². The van der Waals surface area contributed by atoms with Crippen LogP contribution < -0.4 is 11.1 Å². The molecule has 16 heavy (non-hydrogen) atoms. The highest BCUT2D eigenvalue weighted by atomic mass is 16.1. The maximum atomic E-state index is 11.3. The van der Waals surface area contributed by atoms with Gasteiger partial charge in [0, 0.05) is 11.9 Å². The highest BCUT2D eigenvalue weighted by molar-refractivity contribution is 5.81. The molecule has 4 heteroatoms. The molecule has 1 heterocycles. The summed E-state index contributed by atoms with van der Waals surface area (Å²) in [5, 5.41) is 3.20. The summed E-state index contributed by atoms with van der Waals surface area (Å²) in [6.45, 7) is 2.78. The summed E-state index contributed by atoms with van der Waals surface area (Å²) in [5.74, 6) is 0.381. The fourth-order valence-corrected chi connectivity index (χ4v) is 1.64. The molecule has 1 aliphatic carbocycles. The van der Waals surface area contributed by atoms with Crippen LogP contribution in [0.2, 0.25) is 0 Å². The Kier molecular flexibility index (Phi) is 3.19. The van der Waals surface area contributed by atoms with Gasteiger partial charge in [0.15, 0.2) is 0 Å². The number of amides is 1. The second-order valence-corrected chi connectivity index (χ2v) is 4.42. The van der Waals surface area contributed by atoms with Crippen LogP contribution in [0.5, 0.6) is 0 Å². The van der Waals surface area contributed by atoms with Gasteiger partial charge in [-0.1, -0.05) is 6.07 Å². The van der Waals surface area contributed by atoms with Gasteiger partial charge in [0.2, 0.25) is 5.91 Å². The molecule has 1 saturated carbocycles. The fraction of sp³-hybridized carbons (Fsp3) is 0.500. The van der Waals surface area contributed by atoms with Crippen LogP contribution in [0.1, 0.15) is 30.1 Å². The second kappa shape index (κ2) is 4.61. The van der Waals surface area contributed by atoms with E-state index >= 15 is 0 Å². The van der Waals surface area contributed by atoms with Crippen LogP contribution in [-0.4, -0.2) is 17.4 Å². The Morgan fingerprint density at radius 3 is 2.88 bits per heavy atom. The Hall–Kier alpha value is -1.42. The summed E-state index contributed by atoms with van der Waals surface area (Å²) in [5.41, 5.74) is 7.17. The number of nitrogens with one attached hydrogen (secondary N) is 1. The van der Waals surface area contributed by atoms with Crippen LogP contribution >= 0.6 is 0 Å². The van der Waals surface area contributed by atoms with Gasteiger partial charge < -0.3 is 11.1 Å². The van der Waals surface area contributed by atoms with Crippen LogP contribution in [0.4, 0.5) is 0 Å². The number of nitrogens with zero attached hydrogens (tertiary/aromatic N) is 1. The van der Waals surface area contributed by atoms with Crippen molar-refractivity contribution in [3.63, 3.8) is 0 Å². The number of primary amides is 1. The highest BCUT2D eigenvalue weighted by Gasteiger charge is 2.24. The molecule has 1 atom stereocenters. The van der Waals surface area contributed by atoms with Gasteiger partial charge in [0.05, 0.1) is 0 Å². The van der Waals surface area contributed by atoms with Gasteiger partial charge in [0.1, 0.15) is 6.04 Å². The van der Waals surface area contributed by atoms with Crippen molar-refractivity contribution in [2.75, 3.05) is 6.54 Å². The van der Waals surface area contributed by atoms with Gasteiger partial charge >= 0.3 is 0 Å². The Balaban J connectivity index is 2.04. The van der Waals surface area contributed by atoms with Gasteiger partial charge in [-0.15, -0.1) is 0 Å². The number of hydrogen-bond acceptors (Lipinski definition) is 3. The third kappa shape index (κ3) is 2.79. The molecule has 4 nitrogen and oxygen atoms in total. The normalized spacial score (nSPS) is 17.1. The number of carbonyl (C=O) groups is 1. The first kappa shape index (κ1) is 11.1. The minimum Gasteiger partial charge on any atom is -0.368 e. The fourth-order valence-electron chi connectivity index (χ4n) is 1.64. The van der Waals surface area contributed by atoms with E-state index in [9.17, 15) is 4.79 Å². The van der Waals surface area contributed by atoms with E-state index < -0.39 is 6.04 Å². The summed E-state index contributed by atoms with van der Waals surface area (Å²) in [6.07, 6.45) is 4.22. The van der Waals surface area contributed by atoms with Crippen molar-refractivity contribution in [2.24, 2.45) is 11.7 Å². The molecular weight excluding hydrogens is 202 g/mol. The van der Waals surface area contributed by atoms with E-state index in [1.165, 1.54) is 12.8 Å². The lowest BCUT2D eigenvalue weighted by molar-refractivity contribution is -0.120. The van der Waals surface area contributed by atoms with E-state index in [2.05, 4.69) is 10.3 Å². The quantitative estimate of drug-likeness (QED) is 0.773. The van der Waals surface area contributed by atoms with E-state index in [-0.39, 0.29) is 5.91 Å². The zero-order valence-electron chi connectivity index (χ0n) is 9.44. The number of hydrogen-bond donors (Lipinski definition) is 2. The molecule has 1 aromatic rings. The molecule has 1 aromatic heterocycles. The van der Waals surface area contributed by atoms with Gasteiger partial charge in [-0.05, 0) is 43.9 Å². The smallest absolute Gasteiger partial charge is 0.239 e. The van der Waals surface area contributed by atoms with Gasteiger partial charge in [-0.25, -0.2) is 0 Å². The Morgan fingerprint density at radius 1 is 1.62 bits per heavy atom. The molecule has 0 spiro atoms. The molecule has 1 unspecified atom stereocenters. The van der Waals surface area contributed by atoms with E-state index in [0.717, 1.165) is 23.7 Å². The lowest BCUT2D eigenvalue weighted by atomic mass is 10.1. The van der Waals surface area contributed by atoms with Crippen molar-refractivity contribution in [3.8, 4) is 0 Å². The largest absolute Gasteiger partial charge is 0.368 e. The average Bonchev–Trinajstić information content (AvgIpc) is 3.04.